The molecule has 2 N–H and O–H groups in total. The van der Waals surface area contributed by atoms with E-state index >= 15 is 0 Å². The summed E-state index contributed by atoms with van der Waals surface area (Å²) in [6, 6.07) is 0. The van der Waals surface area contributed by atoms with Gasteiger partial charge in [0.15, 0.2) is 0 Å². The van der Waals surface area contributed by atoms with E-state index in [0.29, 0.717) is 6.54 Å². The van der Waals surface area contributed by atoms with Gasteiger partial charge in [-0.1, -0.05) is 6.92 Å². The van der Waals surface area contributed by atoms with Crippen molar-refractivity contribution in [3.8, 4) is 0 Å². The fourth-order valence-corrected chi connectivity index (χ4v) is 4.98. The Morgan fingerprint density at radius 2 is 1.63 bits per heavy atom. The number of amides is 1. The molecule has 4 heteroatoms. The molecule has 19 heavy (non-hydrogen) atoms. The Bertz CT molecular complexity index is 297. The maximum absolute atomic E-state index is 12.0. The van der Waals surface area contributed by atoms with Crippen LogP contribution in [0, 0.1) is 17.8 Å². The zero-order valence-corrected chi connectivity index (χ0v) is 12.7. The van der Waals surface area contributed by atoms with Crippen LogP contribution in [0.15, 0.2) is 0 Å². The van der Waals surface area contributed by atoms with E-state index < -0.39 is 0 Å². The SMILES string of the molecule is CCCNCC(=O)NC12CC3CC(CC(C3)C1)C2.Cl. The highest BCUT2D eigenvalue weighted by Crippen LogP contribution is 2.55. The Hall–Kier alpha value is -0.280. The quantitative estimate of drug-likeness (QED) is 0.763. The highest BCUT2D eigenvalue weighted by Gasteiger charge is 2.51. The van der Waals surface area contributed by atoms with Crippen molar-refractivity contribution in [3.63, 3.8) is 0 Å². The van der Waals surface area contributed by atoms with Crippen LogP contribution in [0.1, 0.15) is 51.9 Å². The van der Waals surface area contributed by atoms with E-state index in [-0.39, 0.29) is 23.9 Å². The molecular formula is C15H27ClN2O. The fourth-order valence-electron chi connectivity index (χ4n) is 4.98. The third-order valence-electron chi connectivity index (χ3n) is 5.16. The largest absolute Gasteiger partial charge is 0.350 e. The van der Waals surface area contributed by atoms with Crippen molar-refractivity contribution >= 4 is 18.3 Å². The van der Waals surface area contributed by atoms with Gasteiger partial charge < -0.3 is 10.6 Å². The van der Waals surface area contributed by atoms with E-state index in [2.05, 4.69) is 17.6 Å². The van der Waals surface area contributed by atoms with Gasteiger partial charge in [-0.15, -0.1) is 12.4 Å². The standard InChI is InChI=1S/C15H26N2O.ClH/c1-2-3-16-10-14(18)17-15-7-11-4-12(8-15)6-13(5-11)9-15;/h11-13,16H,2-10H2,1H3,(H,17,18);1H. The van der Waals surface area contributed by atoms with Crippen molar-refractivity contribution in [1.82, 2.24) is 10.6 Å². The number of hydrogen-bond acceptors (Lipinski definition) is 2. The molecule has 4 aliphatic carbocycles. The minimum Gasteiger partial charge on any atom is -0.350 e. The fraction of sp³-hybridized carbons (Fsp3) is 0.933. The molecule has 0 aromatic carbocycles. The minimum atomic E-state index is 0. The number of hydrogen-bond donors (Lipinski definition) is 2. The second kappa shape index (κ2) is 6.01. The molecule has 4 fully saturated rings. The molecule has 4 rings (SSSR count). The predicted molar refractivity (Wildman–Crippen MR) is 79.5 cm³/mol. The molecule has 3 nitrogen and oxygen atoms in total. The molecule has 110 valence electrons. The number of rotatable bonds is 5. The molecule has 0 radical (unpaired) electrons. The Morgan fingerprint density at radius 3 is 2.11 bits per heavy atom. The number of halogens is 1. The highest BCUT2D eigenvalue weighted by molar-refractivity contribution is 5.85. The maximum Gasteiger partial charge on any atom is 0.234 e. The van der Waals surface area contributed by atoms with Gasteiger partial charge in [-0.25, -0.2) is 0 Å². The molecule has 4 bridgehead atoms. The van der Waals surface area contributed by atoms with Gasteiger partial charge >= 0.3 is 0 Å². The van der Waals surface area contributed by atoms with Crippen LogP contribution < -0.4 is 10.6 Å². The first kappa shape index (κ1) is 15.1. The molecule has 0 saturated heterocycles. The Labute approximate surface area is 122 Å². The third-order valence-corrected chi connectivity index (χ3v) is 5.16. The lowest BCUT2D eigenvalue weighted by atomic mass is 9.53. The summed E-state index contributed by atoms with van der Waals surface area (Å²) >= 11 is 0. The molecule has 0 atom stereocenters. The molecule has 0 aliphatic heterocycles. The van der Waals surface area contributed by atoms with Crippen LogP contribution in [0.3, 0.4) is 0 Å². The summed E-state index contributed by atoms with van der Waals surface area (Å²) in [4.78, 5) is 12.0. The third kappa shape index (κ3) is 3.25. The second-order valence-electron chi connectivity index (χ2n) is 6.92. The van der Waals surface area contributed by atoms with E-state index in [0.717, 1.165) is 30.7 Å². The average Bonchev–Trinajstić information content (AvgIpc) is 2.26. The maximum atomic E-state index is 12.0. The molecule has 0 aromatic rings. The molecular weight excluding hydrogens is 260 g/mol. The van der Waals surface area contributed by atoms with Gasteiger partial charge in [-0.3, -0.25) is 4.79 Å². The zero-order valence-electron chi connectivity index (χ0n) is 11.9. The van der Waals surface area contributed by atoms with Crippen molar-refractivity contribution in [2.45, 2.75) is 57.4 Å². The van der Waals surface area contributed by atoms with Crippen LogP contribution >= 0.6 is 12.4 Å². The lowest BCUT2D eigenvalue weighted by molar-refractivity contribution is -0.125. The van der Waals surface area contributed by atoms with E-state index in [9.17, 15) is 4.79 Å². The molecule has 4 saturated carbocycles. The monoisotopic (exact) mass is 286 g/mol. The lowest BCUT2D eigenvalue weighted by Gasteiger charge is -2.56. The highest BCUT2D eigenvalue weighted by atomic mass is 35.5. The molecule has 0 unspecified atom stereocenters. The molecule has 0 spiro atoms. The van der Waals surface area contributed by atoms with Crippen molar-refractivity contribution in [2.24, 2.45) is 17.8 Å². The van der Waals surface area contributed by atoms with E-state index in [4.69, 9.17) is 0 Å². The molecule has 0 heterocycles. The van der Waals surface area contributed by atoms with Crippen molar-refractivity contribution in [3.05, 3.63) is 0 Å². The number of nitrogens with one attached hydrogen (secondary N) is 2. The number of carbonyl (C=O) groups excluding carboxylic acids is 1. The number of carbonyl (C=O) groups is 1. The lowest BCUT2D eigenvalue weighted by Crippen LogP contribution is -2.60. The average molecular weight is 287 g/mol. The van der Waals surface area contributed by atoms with Crippen LogP contribution in [-0.4, -0.2) is 24.5 Å². The minimum absolute atomic E-state index is 0. The van der Waals surface area contributed by atoms with Crippen molar-refractivity contribution in [2.75, 3.05) is 13.1 Å². The predicted octanol–water partition coefficient (Wildman–Crippen LogP) is 2.49. The van der Waals surface area contributed by atoms with Gasteiger partial charge in [-0.05, 0) is 69.2 Å². The van der Waals surface area contributed by atoms with Gasteiger partial charge in [0, 0.05) is 5.54 Å². The van der Waals surface area contributed by atoms with E-state index in [1.54, 1.807) is 0 Å². The molecule has 4 aliphatic rings. The molecule has 1 amide bonds. The van der Waals surface area contributed by atoms with Crippen LogP contribution in [-0.2, 0) is 4.79 Å². The Kier molecular flexibility index (Phi) is 4.78. The first-order valence-electron chi connectivity index (χ1n) is 7.71. The summed E-state index contributed by atoms with van der Waals surface area (Å²) in [5.41, 5.74) is 0.180. The van der Waals surface area contributed by atoms with Crippen LogP contribution in [0.25, 0.3) is 0 Å². The second-order valence-corrected chi connectivity index (χ2v) is 6.92. The van der Waals surface area contributed by atoms with Crippen LogP contribution in [0.2, 0.25) is 0 Å². The first-order chi connectivity index (χ1) is 8.69. The summed E-state index contributed by atoms with van der Waals surface area (Å²) in [7, 11) is 0. The Balaban J connectivity index is 0.00000133. The summed E-state index contributed by atoms with van der Waals surface area (Å²) in [5, 5.41) is 6.59. The van der Waals surface area contributed by atoms with Gasteiger partial charge in [0.05, 0.1) is 6.54 Å². The summed E-state index contributed by atoms with van der Waals surface area (Å²) < 4.78 is 0. The van der Waals surface area contributed by atoms with Crippen molar-refractivity contribution < 1.29 is 4.79 Å². The van der Waals surface area contributed by atoms with E-state index in [1.165, 1.54) is 38.5 Å². The van der Waals surface area contributed by atoms with E-state index in [1.807, 2.05) is 0 Å². The first-order valence-corrected chi connectivity index (χ1v) is 7.71. The van der Waals surface area contributed by atoms with Crippen LogP contribution in [0.4, 0.5) is 0 Å². The van der Waals surface area contributed by atoms with Gasteiger partial charge in [0.2, 0.25) is 5.91 Å². The molecule has 0 aromatic heterocycles. The summed E-state index contributed by atoms with van der Waals surface area (Å²) in [5.74, 6) is 2.92. The van der Waals surface area contributed by atoms with Crippen molar-refractivity contribution in [1.29, 1.82) is 0 Å². The summed E-state index contributed by atoms with van der Waals surface area (Å²) in [6.45, 7) is 3.56. The normalized spacial score (nSPS) is 38.9. The van der Waals surface area contributed by atoms with Gasteiger partial charge in [0.1, 0.15) is 0 Å². The zero-order chi connectivity index (χ0) is 12.6. The summed E-state index contributed by atoms with van der Waals surface area (Å²) in [6.07, 6.45) is 9.13. The Morgan fingerprint density at radius 1 is 1.11 bits per heavy atom. The smallest absolute Gasteiger partial charge is 0.234 e. The van der Waals surface area contributed by atoms with Crippen LogP contribution in [0.5, 0.6) is 0 Å². The van der Waals surface area contributed by atoms with Gasteiger partial charge in [-0.2, -0.15) is 0 Å². The topological polar surface area (TPSA) is 41.1 Å². The van der Waals surface area contributed by atoms with Gasteiger partial charge in [0.25, 0.3) is 0 Å².